The summed E-state index contributed by atoms with van der Waals surface area (Å²) in [5.41, 5.74) is 2.79. The number of amides is 1. The molecule has 2 aromatic carbocycles. The fourth-order valence-corrected chi connectivity index (χ4v) is 3.63. The minimum Gasteiger partial charge on any atom is -0.493 e. The molecule has 0 saturated heterocycles. The van der Waals surface area contributed by atoms with Crippen molar-refractivity contribution in [1.29, 1.82) is 0 Å². The number of nitrogens with one attached hydrogen (secondary N) is 1. The average molecular weight is 390 g/mol. The molecule has 0 bridgehead atoms. The molecule has 1 aliphatic rings. The number of hydrogen-bond donors (Lipinski definition) is 1. The summed E-state index contributed by atoms with van der Waals surface area (Å²) in [6.45, 7) is 3.28. The summed E-state index contributed by atoms with van der Waals surface area (Å²) in [6, 6.07) is 15.6. The maximum atomic E-state index is 12.3. The van der Waals surface area contributed by atoms with Crippen LogP contribution >= 0.6 is 0 Å². The fraction of sp³-hybridized carbons (Fsp3) is 0.348. The number of para-hydroxylation sites is 1. The highest BCUT2D eigenvalue weighted by molar-refractivity contribution is 5.91. The normalized spacial score (nSPS) is 13.4. The molecule has 1 N–H and O–H groups in total. The van der Waals surface area contributed by atoms with Crippen molar-refractivity contribution in [1.82, 2.24) is 14.8 Å². The summed E-state index contributed by atoms with van der Waals surface area (Å²) >= 11 is 0. The number of benzene rings is 2. The molecule has 6 nitrogen and oxygen atoms in total. The Balaban J connectivity index is 1.38. The lowest BCUT2D eigenvalue weighted by Gasteiger charge is -2.11. The third-order valence-electron chi connectivity index (χ3n) is 5.19. The van der Waals surface area contributed by atoms with Gasteiger partial charge >= 0.3 is 0 Å². The van der Waals surface area contributed by atoms with Crippen LogP contribution in [0.4, 0.5) is 5.69 Å². The third kappa shape index (κ3) is 4.65. The molecule has 0 atom stereocenters. The highest BCUT2D eigenvalue weighted by atomic mass is 16.5. The third-order valence-corrected chi connectivity index (χ3v) is 5.19. The Morgan fingerprint density at radius 2 is 2.00 bits per heavy atom. The molecular formula is C23H26N4O2. The average Bonchev–Trinajstić information content (AvgIpc) is 2.98. The van der Waals surface area contributed by atoms with Gasteiger partial charge in [0.2, 0.25) is 5.91 Å². The molecule has 4 rings (SSSR count). The van der Waals surface area contributed by atoms with E-state index in [4.69, 9.17) is 4.74 Å². The highest BCUT2D eigenvalue weighted by Crippen LogP contribution is 2.25. The van der Waals surface area contributed by atoms with Crippen molar-refractivity contribution in [2.45, 2.75) is 45.6 Å². The number of ether oxygens (including phenoxy) is 1. The molecule has 150 valence electrons. The fourth-order valence-electron chi connectivity index (χ4n) is 3.63. The minimum absolute atomic E-state index is 0.0733. The van der Waals surface area contributed by atoms with Crippen molar-refractivity contribution >= 4 is 11.6 Å². The van der Waals surface area contributed by atoms with Crippen molar-refractivity contribution in [3.63, 3.8) is 0 Å². The zero-order valence-electron chi connectivity index (χ0n) is 16.7. The molecule has 2 heterocycles. The number of carbonyl (C=O) groups excluding carboxylic acids is 1. The summed E-state index contributed by atoms with van der Waals surface area (Å²) in [5.74, 6) is 2.67. The molecule has 0 spiro atoms. The predicted octanol–water partition coefficient (Wildman–Crippen LogP) is 4.39. The standard InChI is InChI=1S/C23H26N4O2/c1-17-8-4-5-11-20(17)29-15-13-22(28)24-19-10-7-9-18(16-19)23-26-25-21-12-3-2-6-14-27(21)23/h4-5,7-11,16H,2-3,6,12-15H2,1H3,(H,24,28). The number of rotatable bonds is 6. The van der Waals surface area contributed by atoms with Gasteiger partial charge in [-0.1, -0.05) is 36.8 Å². The number of aryl methyl sites for hydroxylation is 2. The predicted molar refractivity (Wildman–Crippen MR) is 113 cm³/mol. The molecule has 0 unspecified atom stereocenters. The molecule has 6 heteroatoms. The van der Waals surface area contributed by atoms with Crippen LogP contribution in [0.1, 0.15) is 37.1 Å². The van der Waals surface area contributed by atoms with E-state index in [0.717, 1.165) is 53.6 Å². The van der Waals surface area contributed by atoms with E-state index in [0.29, 0.717) is 13.0 Å². The SMILES string of the molecule is Cc1ccccc1OCCC(=O)Nc1cccc(-c2nnc3n2CCCCC3)c1. The van der Waals surface area contributed by atoms with Crippen LogP contribution in [0.5, 0.6) is 5.75 Å². The monoisotopic (exact) mass is 390 g/mol. The second kappa shape index (κ2) is 8.90. The van der Waals surface area contributed by atoms with E-state index < -0.39 is 0 Å². The van der Waals surface area contributed by atoms with E-state index in [1.54, 1.807) is 0 Å². The van der Waals surface area contributed by atoms with Gasteiger partial charge in [0.1, 0.15) is 11.6 Å². The largest absolute Gasteiger partial charge is 0.493 e. The van der Waals surface area contributed by atoms with Crippen LogP contribution in [-0.2, 0) is 17.8 Å². The Morgan fingerprint density at radius 3 is 2.90 bits per heavy atom. The maximum Gasteiger partial charge on any atom is 0.227 e. The lowest BCUT2D eigenvalue weighted by Crippen LogP contribution is -2.15. The van der Waals surface area contributed by atoms with Crippen molar-refractivity contribution in [3.05, 3.63) is 59.9 Å². The Labute approximate surface area is 170 Å². The number of aromatic nitrogens is 3. The Hall–Kier alpha value is -3.15. The first-order valence-corrected chi connectivity index (χ1v) is 10.2. The highest BCUT2D eigenvalue weighted by Gasteiger charge is 2.16. The number of fused-ring (bicyclic) bond motifs is 1. The summed E-state index contributed by atoms with van der Waals surface area (Å²) in [7, 11) is 0. The summed E-state index contributed by atoms with van der Waals surface area (Å²) in [5, 5.41) is 11.7. The zero-order chi connectivity index (χ0) is 20.1. The number of carbonyl (C=O) groups is 1. The van der Waals surface area contributed by atoms with Crippen molar-refractivity contribution in [2.75, 3.05) is 11.9 Å². The van der Waals surface area contributed by atoms with Crippen LogP contribution < -0.4 is 10.1 Å². The van der Waals surface area contributed by atoms with Crippen LogP contribution in [0.15, 0.2) is 48.5 Å². The van der Waals surface area contributed by atoms with Crippen LogP contribution in [-0.4, -0.2) is 27.3 Å². The van der Waals surface area contributed by atoms with E-state index in [2.05, 4.69) is 20.1 Å². The van der Waals surface area contributed by atoms with Crippen molar-refractivity contribution < 1.29 is 9.53 Å². The van der Waals surface area contributed by atoms with Gasteiger partial charge in [0.25, 0.3) is 0 Å². The second-order valence-electron chi connectivity index (χ2n) is 7.40. The Kier molecular flexibility index (Phi) is 5.89. The second-order valence-corrected chi connectivity index (χ2v) is 7.40. The topological polar surface area (TPSA) is 69.0 Å². The first-order valence-electron chi connectivity index (χ1n) is 10.2. The Bertz CT molecular complexity index is 996. The molecular weight excluding hydrogens is 364 g/mol. The molecule has 0 aliphatic carbocycles. The van der Waals surface area contributed by atoms with Gasteiger partial charge in [-0.2, -0.15) is 0 Å². The van der Waals surface area contributed by atoms with Gasteiger partial charge in [0.05, 0.1) is 13.0 Å². The Morgan fingerprint density at radius 1 is 1.10 bits per heavy atom. The van der Waals surface area contributed by atoms with E-state index >= 15 is 0 Å². The summed E-state index contributed by atoms with van der Waals surface area (Å²) < 4.78 is 7.93. The van der Waals surface area contributed by atoms with Gasteiger partial charge in [-0.25, -0.2) is 0 Å². The zero-order valence-corrected chi connectivity index (χ0v) is 16.7. The molecule has 0 radical (unpaired) electrons. The van der Waals surface area contributed by atoms with Gasteiger partial charge < -0.3 is 14.6 Å². The van der Waals surface area contributed by atoms with Crippen molar-refractivity contribution in [2.24, 2.45) is 0 Å². The number of hydrogen-bond acceptors (Lipinski definition) is 4. The van der Waals surface area contributed by atoms with Gasteiger partial charge in [-0.05, 0) is 43.5 Å². The van der Waals surface area contributed by atoms with E-state index in [-0.39, 0.29) is 5.91 Å². The molecule has 3 aromatic rings. The first kappa shape index (κ1) is 19.2. The molecule has 29 heavy (non-hydrogen) atoms. The minimum atomic E-state index is -0.0733. The van der Waals surface area contributed by atoms with Crippen molar-refractivity contribution in [3.8, 4) is 17.1 Å². The van der Waals surface area contributed by atoms with E-state index in [1.165, 1.54) is 12.8 Å². The number of anilines is 1. The van der Waals surface area contributed by atoms with Gasteiger partial charge in [-0.15, -0.1) is 10.2 Å². The van der Waals surface area contributed by atoms with Crippen LogP contribution in [0.25, 0.3) is 11.4 Å². The van der Waals surface area contributed by atoms with Crippen LogP contribution in [0.2, 0.25) is 0 Å². The molecule has 1 aliphatic heterocycles. The van der Waals surface area contributed by atoms with E-state index in [9.17, 15) is 4.79 Å². The summed E-state index contributed by atoms with van der Waals surface area (Å²) in [6.07, 6.45) is 4.81. The maximum absolute atomic E-state index is 12.3. The first-order chi connectivity index (χ1) is 14.2. The summed E-state index contributed by atoms with van der Waals surface area (Å²) in [4.78, 5) is 12.3. The quantitative estimate of drug-likeness (QED) is 0.678. The number of nitrogens with zero attached hydrogens (tertiary/aromatic N) is 3. The lowest BCUT2D eigenvalue weighted by molar-refractivity contribution is -0.116. The molecule has 1 aromatic heterocycles. The van der Waals surface area contributed by atoms with E-state index in [1.807, 2.05) is 55.5 Å². The van der Waals surface area contributed by atoms with Gasteiger partial charge in [0.15, 0.2) is 5.82 Å². The van der Waals surface area contributed by atoms with Crippen LogP contribution in [0, 0.1) is 6.92 Å². The molecule has 1 amide bonds. The molecule has 0 fully saturated rings. The van der Waals surface area contributed by atoms with Crippen LogP contribution in [0.3, 0.4) is 0 Å². The van der Waals surface area contributed by atoms with Gasteiger partial charge in [-0.3, -0.25) is 4.79 Å². The molecule has 0 saturated carbocycles. The van der Waals surface area contributed by atoms with Gasteiger partial charge in [0, 0.05) is 24.2 Å². The lowest BCUT2D eigenvalue weighted by atomic mass is 10.2. The smallest absolute Gasteiger partial charge is 0.227 e.